The van der Waals surface area contributed by atoms with Gasteiger partial charge in [0.25, 0.3) is 0 Å². The van der Waals surface area contributed by atoms with Crippen LogP contribution in [-0.4, -0.2) is 6.29 Å². The minimum atomic E-state index is -0.395. The fourth-order valence-corrected chi connectivity index (χ4v) is 2.47. The molecule has 96 valence electrons. The standard InChI is InChI=1S/C15H12O4/c1-8-7-13(17)19-15-10(8)3-4-12-14(15)11(5-6-16)9(2)18-12/h3-4,6-7H,5H2,1-2H3. The third-order valence-electron chi connectivity index (χ3n) is 3.36. The van der Waals surface area contributed by atoms with Crippen molar-refractivity contribution in [3.8, 4) is 0 Å². The molecular formula is C15H12O4. The number of furan rings is 1. The molecule has 0 atom stereocenters. The van der Waals surface area contributed by atoms with Crippen molar-refractivity contribution in [2.45, 2.75) is 20.3 Å². The van der Waals surface area contributed by atoms with E-state index < -0.39 is 5.63 Å². The van der Waals surface area contributed by atoms with Gasteiger partial charge in [-0.15, -0.1) is 0 Å². The summed E-state index contributed by atoms with van der Waals surface area (Å²) in [6.07, 6.45) is 1.07. The van der Waals surface area contributed by atoms with Gasteiger partial charge in [0.1, 0.15) is 23.2 Å². The molecule has 0 fully saturated rings. The van der Waals surface area contributed by atoms with Gasteiger partial charge in [-0.3, -0.25) is 0 Å². The van der Waals surface area contributed by atoms with E-state index in [9.17, 15) is 9.59 Å². The van der Waals surface area contributed by atoms with Gasteiger partial charge < -0.3 is 13.6 Å². The lowest BCUT2D eigenvalue weighted by atomic mass is 10.0. The summed E-state index contributed by atoms with van der Waals surface area (Å²) in [6.45, 7) is 3.66. The molecule has 0 aliphatic rings. The molecule has 1 aromatic carbocycles. The summed E-state index contributed by atoms with van der Waals surface area (Å²) in [5, 5.41) is 1.59. The Morgan fingerprint density at radius 1 is 1.21 bits per heavy atom. The predicted molar refractivity (Wildman–Crippen MR) is 71.5 cm³/mol. The van der Waals surface area contributed by atoms with Crippen LogP contribution in [0.4, 0.5) is 0 Å². The fraction of sp³-hybridized carbons (Fsp3) is 0.200. The van der Waals surface area contributed by atoms with Crippen LogP contribution >= 0.6 is 0 Å². The molecule has 3 rings (SSSR count). The normalized spacial score (nSPS) is 11.3. The minimum Gasteiger partial charge on any atom is -0.461 e. The molecule has 0 unspecified atom stereocenters. The Bertz CT molecular complexity index is 852. The molecule has 4 heteroatoms. The van der Waals surface area contributed by atoms with E-state index in [4.69, 9.17) is 8.83 Å². The highest BCUT2D eigenvalue weighted by Crippen LogP contribution is 2.32. The monoisotopic (exact) mass is 256 g/mol. The number of aryl methyl sites for hydroxylation is 2. The molecule has 4 nitrogen and oxygen atoms in total. The van der Waals surface area contributed by atoms with E-state index in [1.165, 1.54) is 6.07 Å². The number of carbonyl (C=O) groups is 1. The van der Waals surface area contributed by atoms with Crippen LogP contribution < -0.4 is 5.63 Å². The lowest BCUT2D eigenvalue weighted by Gasteiger charge is -2.02. The summed E-state index contributed by atoms with van der Waals surface area (Å²) in [7, 11) is 0. The molecule has 3 aromatic rings. The molecule has 0 aliphatic carbocycles. The van der Waals surface area contributed by atoms with Crippen LogP contribution in [0.1, 0.15) is 16.9 Å². The maximum atomic E-state index is 11.6. The van der Waals surface area contributed by atoms with Crippen LogP contribution in [0, 0.1) is 13.8 Å². The molecule has 0 saturated carbocycles. The van der Waals surface area contributed by atoms with Crippen molar-refractivity contribution in [2.75, 3.05) is 0 Å². The van der Waals surface area contributed by atoms with Crippen molar-refractivity contribution in [2.24, 2.45) is 0 Å². The van der Waals surface area contributed by atoms with Crippen LogP contribution in [0.25, 0.3) is 21.9 Å². The number of carbonyl (C=O) groups excluding carboxylic acids is 1. The largest absolute Gasteiger partial charge is 0.461 e. The van der Waals surface area contributed by atoms with Gasteiger partial charge in [-0.05, 0) is 31.5 Å². The lowest BCUT2D eigenvalue weighted by molar-refractivity contribution is -0.107. The second-order valence-corrected chi connectivity index (χ2v) is 4.57. The third kappa shape index (κ3) is 1.68. The molecule has 0 aliphatic heterocycles. The first-order valence-electron chi connectivity index (χ1n) is 6.01. The zero-order valence-corrected chi connectivity index (χ0v) is 10.6. The van der Waals surface area contributed by atoms with E-state index in [2.05, 4.69) is 0 Å². The Morgan fingerprint density at radius 2 is 2.00 bits per heavy atom. The smallest absolute Gasteiger partial charge is 0.336 e. The number of aldehydes is 1. The average molecular weight is 256 g/mol. The lowest BCUT2D eigenvalue weighted by Crippen LogP contribution is -1.98. The quantitative estimate of drug-likeness (QED) is 0.522. The Kier molecular flexibility index (Phi) is 2.52. The topological polar surface area (TPSA) is 60.4 Å². The summed E-state index contributed by atoms with van der Waals surface area (Å²) in [4.78, 5) is 22.4. The van der Waals surface area contributed by atoms with Crippen molar-refractivity contribution in [1.82, 2.24) is 0 Å². The average Bonchev–Trinajstić information content (AvgIpc) is 2.66. The molecule has 0 radical (unpaired) electrons. The highest BCUT2D eigenvalue weighted by molar-refractivity contribution is 6.05. The Morgan fingerprint density at radius 3 is 2.74 bits per heavy atom. The first kappa shape index (κ1) is 11.7. The van der Waals surface area contributed by atoms with Crippen LogP contribution in [0.5, 0.6) is 0 Å². The zero-order chi connectivity index (χ0) is 13.6. The Balaban J connectivity index is 2.57. The number of hydrogen-bond acceptors (Lipinski definition) is 4. The van der Waals surface area contributed by atoms with Crippen LogP contribution in [0.2, 0.25) is 0 Å². The summed E-state index contributed by atoms with van der Waals surface area (Å²) in [5.74, 6) is 0.679. The highest BCUT2D eigenvalue weighted by Gasteiger charge is 2.16. The molecule has 2 heterocycles. The van der Waals surface area contributed by atoms with Crippen molar-refractivity contribution in [3.63, 3.8) is 0 Å². The van der Waals surface area contributed by atoms with E-state index in [0.29, 0.717) is 16.9 Å². The van der Waals surface area contributed by atoms with Gasteiger partial charge in [0, 0.05) is 23.4 Å². The van der Waals surface area contributed by atoms with E-state index in [0.717, 1.165) is 28.2 Å². The molecule has 0 bridgehead atoms. The molecule has 0 spiro atoms. The van der Waals surface area contributed by atoms with E-state index in [1.807, 2.05) is 19.1 Å². The second kappa shape index (κ2) is 4.09. The maximum Gasteiger partial charge on any atom is 0.336 e. The van der Waals surface area contributed by atoms with E-state index in [-0.39, 0.29) is 6.42 Å². The number of hydrogen-bond donors (Lipinski definition) is 0. The van der Waals surface area contributed by atoms with Gasteiger partial charge in [-0.25, -0.2) is 4.79 Å². The maximum absolute atomic E-state index is 11.6. The summed E-state index contributed by atoms with van der Waals surface area (Å²) >= 11 is 0. The molecule has 0 saturated heterocycles. The minimum absolute atomic E-state index is 0.246. The van der Waals surface area contributed by atoms with Crippen LogP contribution in [-0.2, 0) is 11.2 Å². The van der Waals surface area contributed by atoms with Gasteiger partial charge in [0.15, 0.2) is 0 Å². The van der Waals surface area contributed by atoms with Crippen molar-refractivity contribution in [1.29, 1.82) is 0 Å². The van der Waals surface area contributed by atoms with Crippen LogP contribution in [0.15, 0.2) is 31.8 Å². The second-order valence-electron chi connectivity index (χ2n) is 4.57. The first-order valence-corrected chi connectivity index (χ1v) is 6.01. The van der Waals surface area contributed by atoms with Gasteiger partial charge >= 0.3 is 5.63 Å². The molecule has 19 heavy (non-hydrogen) atoms. The zero-order valence-electron chi connectivity index (χ0n) is 10.6. The summed E-state index contributed by atoms with van der Waals surface area (Å²) in [5.41, 5.74) is 2.37. The highest BCUT2D eigenvalue weighted by atomic mass is 16.4. The SMILES string of the molecule is Cc1oc2ccc3c(C)cc(=O)oc3c2c1CC=O. The van der Waals surface area contributed by atoms with Crippen molar-refractivity contribution in [3.05, 3.63) is 45.5 Å². The Labute approximate surface area is 108 Å². The number of benzene rings is 1. The molecule has 0 amide bonds. The van der Waals surface area contributed by atoms with Gasteiger partial charge in [0.2, 0.25) is 0 Å². The fourth-order valence-electron chi connectivity index (χ4n) is 2.47. The number of fused-ring (bicyclic) bond motifs is 3. The molecular weight excluding hydrogens is 244 g/mol. The van der Waals surface area contributed by atoms with Gasteiger partial charge in [-0.1, -0.05) is 0 Å². The van der Waals surface area contributed by atoms with Gasteiger partial charge in [0.05, 0.1) is 5.39 Å². The first-order chi connectivity index (χ1) is 9.11. The molecule has 2 aromatic heterocycles. The predicted octanol–water partition coefficient (Wildman–Crippen LogP) is 2.90. The summed E-state index contributed by atoms with van der Waals surface area (Å²) in [6, 6.07) is 5.16. The molecule has 0 N–H and O–H groups in total. The van der Waals surface area contributed by atoms with E-state index in [1.54, 1.807) is 6.92 Å². The van der Waals surface area contributed by atoms with Crippen LogP contribution in [0.3, 0.4) is 0 Å². The summed E-state index contributed by atoms with van der Waals surface area (Å²) < 4.78 is 10.9. The third-order valence-corrected chi connectivity index (χ3v) is 3.36. The Hall–Kier alpha value is -2.36. The van der Waals surface area contributed by atoms with Crippen molar-refractivity contribution >= 4 is 28.2 Å². The number of rotatable bonds is 2. The van der Waals surface area contributed by atoms with Crippen molar-refractivity contribution < 1.29 is 13.6 Å². The van der Waals surface area contributed by atoms with Gasteiger partial charge in [-0.2, -0.15) is 0 Å². The van der Waals surface area contributed by atoms with E-state index >= 15 is 0 Å².